The highest BCUT2D eigenvalue weighted by atomic mass is 35.5. The molecule has 1 aromatic rings. The fourth-order valence-corrected chi connectivity index (χ4v) is 3.24. The summed E-state index contributed by atoms with van der Waals surface area (Å²) >= 11 is 2.01. The molecule has 1 fully saturated rings. The Morgan fingerprint density at radius 2 is 1.87 bits per heavy atom. The standard InChI is InChI=1S/C16H25N3OS.2ClH/c1-12(13(2)17)16(20)18-15-6-4-3-5-14(15)11-19-7-9-21-10-8-19;;/h3-6,12-13H,7-11,17H2,1-2H3,(H,18,20);2*1H. The molecule has 7 heteroatoms. The van der Waals surface area contributed by atoms with Crippen LogP contribution in [0.4, 0.5) is 5.69 Å². The highest BCUT2D eigenvalue weighted by molar-refractivity contribution is 7.99. The summed E-state index contributed by atoms with van der Waals surface area (Å²) in [6.07, 6.45) is 0. The smallest absolute Gasteiger partial charge is 0.228 e. The summed E-state index contributed by atoms with van der Waals surface area (Å²) in [5.41, 5.74) is 7.89. The van der Waals surface area contributed by atoms with Gasteiger partial charge in [-0.2, -0.15) is 11.8 Å². The highest BCUT2D eigenvalue weighted by Gasteiger charge is 2.19. The number of carbonyl (C=O) groups excluding carboxylic acids is 1. The summed E-state index contributed by atoms with van der Waals surface area (Å²) in [7, 11) is 0. The van der Waals surface area contributed by atoms with Crippen LogP contribution < -0.4 is 11.1 Å². The maximum Gasteiger partial charge on any atom is 0.228 e. The van der Waals surface area contributed by atoms with Crippen LogP contribution in [0.5, 0.6) is 0 Å². The Morgan fingerprint density at radius 1 is 1.26 bits per heavy atom. The zero-order valence-electron chi connectivity index (χ0n) is 13.7. The molecular formula is C16H27Cl2N3OS. The van der Waals surface area contributed by atoms with E-state index < -0.39 is 0 Å². The molecule has 0 spiro atoms. The molecule has 1 heterocycles. The van der Waals surface area contributed by atoms with Crippen LogP contribution in [-0.2, 0) is 11.3 Å². The molecule has 2 atom stereocenters. The van der Waals surface area contributed by atoms with E-state index in [1.165, 1.54) is 17.1 Å². The average Bonchev–Trinajstić information content (AvgIpc) is 2.49. The van der Waals surface area contributed by atoms with E-state index in [1.54, 1.807) is 0 Å². The number of nitrogens with one attached hydrogen (secondary N) is 1. The van der Waals surface area contributed by atoms with Gasteiger partial charge in [-0.15, -0.1) is 24.8 Å². The topological polar surface area (TPSA) is 58.4 Å². The normalized spacial score (nSPS) is 17.3. The Kier molecular flexibility index (Phi) is 10.9. The Balaban J connectivity index is 0.00000242. The van der Waals surface area contributed by atoms with Crippen molar-refractivity contribution in [1.82, 2.24) is 4.90 Å². The molecule has 0 aromatic heterocycles. The molecule has 0 radical (unpaired) electrons. The van der Waals surface area contributed by atoms with Crippen molar-refractivity contribution in [3.63, 3.8) is 0 Å². The predicted octanol–water partition coefficient (Wildman–Crippen LogP) is 3.00. The number of rotatable bonds is 5. The first-order chi connectivity index (χ1) is 10.1. The molecule has 2 unspecified atom stereocenters. The van der Waals surface area contributed by atoms with Gasteiger partial charge < -0.3 is 11.1 Å². The van der Waals surface area contributed by atoms with Gasteiger partial charge in [0.2, 0.25) is 5.91 Å². The molecule has 0 bridgehead atoms. The number of carbonyl (C=O) groups is 1. The van der Waals surface area contributed by atoms with Gasteiger partial charge in [-0.25, -0.2) is 0 Å². The summed E-state index contributed by atoms with van der Waals surface area (Å²) in [5.74, 6) is 2.18. The van der Waals surface area contributed by atoms with Gasteiger partial charge in [0.05, 0.1) is 5.92 Å². The maximum atomic E-state index is 12.2. The molecule has 2 rings (SSSR count). The van der Waals surface area contributed by atoms with Crippen molar-refractivity contribution >= 4 is 48.2 Å². The number of amides is 1. The van der Waals surface area contributed by atoms with Crippen molar-refractivity contribution in [2.75, 3.05) is 29.9 Å². The summed E-state index contributed by atoms with van der Waals surface area (Å²) < 4.78 is 0. The molecule has 1 aliphatic heterocycles. The van der Waals surface area contributed by atoms with Crippen LogP contribution in [0, 0.1) is 5.92 Å². The second-order valence-corrected chi connectivity index (χ2v) is 6.91. The number of para-hydroxylation sites is 1. The van der Waals surface area contributed by atoms with Crippen LogP contribution in [0.15, 0.2) is 24.3 Å². The number of thioether (sulfide) groups is 1. The first kappa shape index (κ1) is 22.5. The van der Waals surface area contributed by atoms with E-state index in [9.17, 15) is 4.79 Å². The van der Waals surface area contributed by atoms with Crippen LogP contribution >= 0.6 is 36.6 Å². The number of hydrogen-bond acceptors (Lipinski definition) is 4. The van der Waals surface area contributed by atoms with Gasteiger partial charge >= 0.3 is 0 Å². The minimum absolute atomic E-state index is 0. The summed E-state index contributed by atoms with van der Waals surface area (Å²) in [4.78, 5) is 14.6. The van der Waals surface area contributed by atoms with Gasteiger partial charge in [0, 0.05) is 42.9 Å². The van der Waals surface area contributed by atoms with Gasteiger partial charge in [-0.05, 0) is 18.6 Å². The van der Waals surface area contributed by atoms with Crippen LogP contribution in [0.3, 0.4) is 0 Å². The minimum Gasteiger partial charge on any atom is -0.327 e. The summed E-state index contributed by atoms with van der Waals surface area (Å²) in [5, 5.41) is 3.03. The third-order valence-corrected chi connectivity index (χ3v) is 4.92. The highest BCUT2D eigenvalue weighted by Crippen LogP contribution is 2.20. The molecule has 1 aromatic carbocycles. The minimum atomic E-state index is -0.190. The summed E-state index contributed by atoms with van der Waals surface area (Å²) in [6, 6.07) is 7.91. The van der Waals surface area contributed by atoms with Gasteiger partial charge in [0.15, 0.2) is 0 Å². The molecule has 1 aliphatic rings. The zero-order valence-corrected chi connectivity index (χ0v) is 16.1. The van der Waals surface area contributed by atoms with E-state index in [0.717, 1.165) is 25.3 Å². The van der Waals surface area contributed by atoms with Crippen molar-refractivity contribution in [3.8, 4) is 0 Å². The van der Waals surface area contributed by atoms with Gasteiger partial charge in [-0.1, -0.05) is 25.1 Å². The molecule has 23 heavy (non-hydrogen) atoms. The Bertz CT molecular complexity index is 482. The predicted molar refractivity (Wildman–Crippen MR) is 105 cm³/mol. The van der Waals surface area contributed by atoms with Crippen molar-refractivity contribution in [3.05, 3.63) is 29.8 Å². The largest absolute Gasteiger partial charge is 0.327 e. The number of nitrogens with zero attached hydrogens (tertiary/aromatic N) is 1. The Hall–Kier alpha value is -0.460. The van der Waals surface area contributed by atoms with E-state index in [1.807, 2.05) is 43.8 Å². The monoisotopic (exact) mass is 379 g/mol. The molecule has 0 aliphatic carbocycles. The van der Waals surface area contributed by atoms with Gasteiger partial charge in [-0.3, -0.25) is 9.69 Å². The molecule has 1 amide bonds. The zero-order chi connectivity index (χ0) is 15.2. The Labute approximate surface area is 155 Å². The number of hydrogen-bond donors (Lipinski definition) is 2. The maximum absolute atomic E-state index is 12.2. The SMILES string of the molecule is CC(N)C(C)C(=O)Nc1ccccc1CN1CCSCC1.Cl.Cl. The summed E-state index contributed by atoms with van der Waals surface area (Å²) in [6.45, 7) is 6.85. The number of nitrogens with two attached hydrogens (primary N) is 1. The van der Waals surface area contributed by atoms with Crippen molar-refractivity contribution in [1.29, 1.82) is 0 Å². The molecule has 0 saturated carbocycles. The lowest BCUT2D eigenvalue weighted by molar-refractivity contribution is -0.119. The third kappa shape index (κ3) is 6.89. The van der Waals surface area contributed by atoms with Crippen LogP contribution in [0.2, 0.25) is 0 Å². The number of halogens is 2. The van der Waals surface area contributed by atoms with Crippen molar-refractivity contribution < 1.29 is 4.79 Å². The first-order valence-corrected chi connectivity index (χ1v) is 8.68. The van der Waals surface area contributed by atoms with Crippen LogP contribution in [-0.4, -0.2) is 41.4 Å². The fourth-order valence-electron chi connectivity index (χ4n) is 2.27. The van der Waals surface area contributed by atoms with Gasteiger partial charge in [0.25, 0.3) is 0 Å². The fraction of sp³-hybridized carbons (Fsp3) is 0.562. The third-order valence-electron chi connectivity index (χ3n) is 3.98. The molecule has 1 saturated heterocycles. The molecule has 132 valence electrons. The van der Waals surface area contributed by atoms with Gasteiger partial charge in [0.1, 0.15) is 0 Å². The lowest BCUT2D eigenvalue weighted by Crippen LogP contribution is -2.35. The molecule has 4 nitrogen and oxygen atoms in total. The first-order valence-electron chi connectivity index (χ1n) is 7.52. The van der Waals surface area contributed by atoms with E-state index in [0.29, 0.717) is 0 Å². The van der Waals surface area contributed by atoms with E-state index in [4.69, 9.17) is 5.73 Å². The number of benzene rings is 1. The van der Waals surface area contributed by atoms with E-state index in [2.05, 4.69) is 16.3 Å². The van der Waals surface area contributed by atoms with Crippen LogP contribution in [0.25, 0.3) is 0 Å². The molecular weight excluding hydrogens is 353 g/mol. The second kappa shape index (κ2) is 11.2. The number of anilines is 1. The molecule has 3 N–H and O–H groups in total. The lowest BCUT2D eigenvalue weighted by atomic mass is 10.0. The van der Waals surface area contributed by atoms with Crippen LogP contribution in [0.1, 0.15) is 19.4 Å². The Morgan fingerprint density at radius 3 is 2.48 bits per heavy atom. The van der Waals surface area contributed by atoms with Crippen molar-refractivity contribution in [2.45, 2.75) is 26.4 Å². The lowest BCUT2D eigenvalue weighted by Gasteiger charge is -2.27. The van der Waals surface area contributed by atoms with Crippen molar-refractivity contribution in [2.24, 2.45) is 11.7 Å². The quantitative estimate of drug-likeness (QED) is 0.825. The van der Waals surface area contributed by atoms with E-state index in [-0.39, 0.29) is 42.7 Å². The average molecular weight is 380 g/mol. The second-order valence-electron chi connectivity index (χ2n) is 5.68. The van der Waals surface area contributed by atoms with E-state index >= 15 is 0 Å².